The number of allylic oxidation sites excluding steroid dienone is 1. The topological polar surface area (TPSA) is 84.3 Å². The molecule has 3 rings (SSSR count). The molecule has 2 heterocycles. The fourth-order valence-corrected chi connectivity index (χ4v) is 3.52. The number of benzene rings is 1. The van der Waals surface area contributed by atoms with E-state index in [0.717, 1.165) is 23.2 Å². The molecule has 2 N–H and O–H groups in total. The summed E-state index contributed by atoms with van der Waals surface area (Å²) in [4.78, 5) is 20.8. The van der Waals surface area contributed by atoms with Crippen LogP contribution in [-0.2, 0) is 12.8 Å². The van der Waals surface area contributed by atoms with Gasteiger partial charge in [-0.1, -0.05) is 13.0 Å². The number of nitrogens with one attached hydrogen (secondary N) is 1. The van der Waals surface area contributed by atoms with Crippen LogP contribution in [0.2, 0.25) is 0 Å². The Kier molecular flexibility index (Phi) is 6.06. The van der Waals surface area contributed by atoms with Gasteiger partial charge in [-0.05, 0) is 36.4 Å². The van der Waals surface area contributed by atoms with Gasteiger partial charge in [-0.15, -0.1) is 6.58 Å². The minimum Gasteiger partial charge on any atom is -0.496 e. The molecule has 3 aromatic rings. The Balaban J connectivity index is 2.08. The summed E-state index contributed by atoms with van der Waals surface area (Å²) in [5, 5.41) is 16.6. The quantitative estimate of drug-likeness (QED) is 0.525. The Morgan fingerprint density at radius 3 is 2.79 bits per heavy atom. The van der Waals surface area contributed by atoms with Crippen LogP contribution in [0.1, 0.15) is 28.5 Å². The third kappa shape index (κ3) is 4.04. The number of methoxy groups -OCH3 is 1. The zero-order valence-electron chi connectivity index (χ0n) is 15.7. The molecule has 0 fully saturated rings. The first-order chi connectivity index (χ1) is 13.6. The molecule has 0 unspecified atom stereocenters. The van der Waals surface area contributed by atoms with E-state index in [0.29, 0.717) is 23.8 Å². The van der Waals surface area contributed by atoms with Gasteiger partial charge in [0.25, 0.3) is 0 Å². The van der Waals surface area contributed by atoms with E-state index in [1.54, 1.807) is 23.5 Å². The lowest BCUT2D eigenvalue weighted by Crippen LogP contribution is -2.08. The SMILES string of the molecule is C=CCc1c(CC)nc(-c2ccsc2)nc1Nc1ccc(C(=O)O)c(OC)c1. The molecular formula is C21H21N3O3S. The van der Waals surface area contributed by atoms with E-state index in [9.17, 15) is 9.90 Å². The van der Waals surface area contributed by atoms with Gasteiger partial charge in [0.15, 0.2) is 5.82 Å². The number of thiophene rings is 1. The van der Waals surface area contributed by atoms with Crippen molar-refractivity contribution in [1.82, 2.24) is 9.97 Å². The molecule has 0 aliphatic heterocycles. The minimum atomic E-state index is -1.04. The molecule has 7 heteroatoms. The molecule has 0 saturated carbocycles. The van der Waals surface area contributed by atoms with Crippen LogP contribution in [0, 0.1) is 0 Å². The van der Waals surface area contributed by atoms with E-state index >= 15 is 0 Å². The summed E-state index contributed by atoms with van der Waals surface area (Å²) < 4.78 is 5.22. The van der Waals surface area contributed by atoms with Crippen LogP contribution in [0.3, 0.4) is 0 Å². The van der Waals surface area contributed by atoms with E-state index < -0.39 is 5.97 Å². The first-order valence-electron chi connectivity index (χ1n) is 8.79. The van der Waals surface area contributed by atoms with Crippen LogP contribution in [0.15, 0.2) is 47.7 Å². The average Bonchev–Trinajstić information content (AvgIpc) is 3.23. The van der Waals surface area contributed by atoms with Crippen LogP contribution in [0.5, 0.6) is 5.75 Å². The maximum atomic E-state index is 11.3. The lowest BCUT2D eigenvalue weighted by atomic mass is 10.1. The predicted octanol–water partition coefficient (Wildman–Crippen LogP) is 4.95. The summed E-state index contributed by atoms with van der Waals surface area (Å²) in [5.74, 6) is 0.581. The van der Waals surface area contributed by atoms with E-state index in [-0.39, 0.29) is 11.3 Å². The molecular weight excluding hydrogens is 374 g/mol. The average molecular weight is 395 g/mol. The molecule has 28 heavy (non-hydrogen) atoms. The number of nitrogens with zero attached hydrogens (tertiary/aromatic N) is 2. The number of aromatic nitrogens is 2. The molecule has 0 aliphatic rings. The summed E-state index contributed by atoms with van der Waals surface area (Å²) in [6.07, 6.45) is 3.21. The number of carboxylic acid groups (broad SMARTS) is 1. The largest absolute Gasteiger partial charge is 0.496 e. The van der Waals surface area contributed by atoms with Crippen molar-refractivity contribution in [2.24, 2.45) is 0 Å². The smallest absolute Gasteiger partial charge is 0.339 e. The molecule has 0 atom stereocenters. The van der Waals surface area contributed by atoms with Gasteiger partial charge in [-0.2, -0.15) is 11.3 Å². The van der Waals surface area contributed by atoms with Crippen molar-refractivity contribution in [3.63, 3.8) is 0 Å². The van der Waals surface area contributed by atoms with Crippen LogP contribution in [-0.4, -0.2) is 28.2 Å². The lowest BCUT2D eigenvalue weighted by molar-refractivity contribution is 0.0693. The van der Waals surface area contributed by atoms with Crippen LogP contribution < -0.4 is 10.1 Å². The highest BCUT2D eigenvalue weighted by molar-refractivity contribution is 7.08. The molecule has 0 amide bonds. The normalized spacial score (nSPS) is 10.5. The maximum Gasteiger partial charge on any atom is 0.339 e. The van der Waals surface area contributed by atoms with Gasteiger partial charge in [-0.3, -0.25) is 0 Å². The van der Waals surface area contributed by atoms with Gasteiger partial charge in [0.2, 0.25) is 0 Å². The highest BCUT2D eigenvalue weighted by atomic mass is 32.1. The monoisotopic (exact) mass is 395 g/mol. The second-order valence-electron chi connectivity index (χ2n) is 6.02. The Morgan fingerprint density at radius 1 is 1.36 bits per heavy atom. The van der Waals surface area contributed by atoms with Gasteiger partial charge < -0.3 is 15.2 Å². The Labute approximate surface area is 167 Å². The highest BCUT2D eigenvalue weighted by Crippen LogP contribution is 2.30. The molecule has 2 aromatic heterocycles. The zero-order valence-corrected chi connectivity index (χ0v) is 16.5. The van der Waals surface area contributed by atoms with Crippen molar-refractivity contribution in [1.29, 1.82) is 0 Å². The molecule has 0 aliphatic carbocycles. The lowest BCUT2D eigenvalue weighted by Gasteiger charge is -2.16. The van der Waals surface area contributed by atoms with E-state index in [4.69, 9.17) is 14.7 Å². The molecule has 0 bridgehead atoms. The highest BCUT2D eigenvalue weighted by Gasteiger charge is 2.16. The first-order valence-corrected chi connectivity index (χ1v) is 9.73. The van der Waals surface area contributed by atoms with Crippen molar-refractivity contribution in [3.8, 4) is 17.1 Å². The van der Waals surface area contributed by atoms with Gasteiger partial charge in [-0.25, -0.2) is 14.8 Å². The van der Waals surface area contributed by atoms with Gasteiger partial charge in [0.1, 0.15) is 17.1 Å². The van der Waals surface area contributed by atoms with Crippen molar-refractivity contribution in [2.45, 2.75) is 19.8 Å². The molecule has 6 nitrogen and oxygen atoms in total. The fourth-order valence-electron chi connectivity index (χ4n) is 2.89. The van der Waals surface area contributed by atoms with Crippen molar-refractivity contribution in [3.05, 3.63) is 64.5 Å². The summed E-state index contributed by atoms with van der Waals surface area (Å²) in [7, 11) is 1.45. The van der Waals surface area contributed by atoms with Crippen LogP contribution >= 0.6 is 11.3 Å². The molecule has 144 valence electrons. The second-order valence-corrected chi connectivity index (χ2v) is 6.80. The van der Waals surface area contributed by atoms with Crippen LogP contribution in [0.25, 0.3) is 11.4 Å². The van der Waals surface area contributed by atoms with Crippen molar-refractivity contribution < 1.29 is 14.6 Å². The minimum absolute atomic E-state index is 0.107. The summed E-state index contributed by atoms with van der Waals surface area (Å²) in [6, 6.07) is 6.85. The Bertz CT molecular complexity index is 1000. The van der Waals surface area contributed by atoms with Crippen LogP contribution in [0.4, 0.5) is 11.5 Å². The van der Waals surface area contributed by atoms with Gasteiger partial charge in [0, 0.05) is 34.0 Å². The summed E-state index contributed by atoms with van der Waals surface area (Å²) in [5.41, 5.74) is 3.68. The number of hydrogen-bond donors (Lipinski definition) is 2. The molecule has 0 radical (unpaired) electrons. The fraction of sp³-hybridized carbons (Fsp3) is 0.190. The van der Waals surface area contributed by atoms with E-state index in [1.165, 1.54) is 13.2 Å². The standard InChI is InChI=1S/C21H21N3O3S/c1-4-6-15-17(5-2)23-19(13-9-10-28-12-13)24-20(15)22-14-7-8-16(21(25)26)18(11-14)27-3/h4,7-12H,1,5-6H2,2-3H3,(H,25,26)(H,22,23,24). The number of carboxylic acids is 1. The zero-order chi connectivity index (χ0) is 20.1. The predicted molar refractivity (Wildman–Crippen MR) is 112 cm³/mol. The summed E-state index contributed by atoms with van der Waals surface area (Å²) >= 11 is 1.59. The van der Waals surface area contributed by atoms with Gasteiger partial charge in [0.05, 0.1) is 7.11 Å². The van der Waals surface area contributed by atoms with E-state index in [2.05, 4.69) is 18.8 Å². The summed E-state index contributed by atoms with van der Waals surface area (Å²) in [6.45, 7) is 5.90. The first kappa shape index (κ1) is 19.6. The Morgan fingerprint density at radius 2 is 2.18 bits per heavy atom. The number of hydrogen-bond acceptors (Lipinski definition) is 6. The molecule has 0 saturated heterocycles. The third-order valence-electron chi connectivity index (χ3n) is 4.25. The number of carbonyl (C=O) groups is 1. The number of anilines is 2. The van der Waals surface area contributed by atoms with Crippen molar-refractivity contribution in [2.75, 3.05) is 12.4 Å². The number of aromatic carboxylic acids is 1. The van der Waals surface area contributed by atoms with Crippen molar-refractivity contribution >= 4 is 28.8 Å². The molecule has 0 spiro atoms. The molecule has 1 aromatic carbocycles. The third-order valence-corrected chi connectivity index (χ3v) is 4.93. The van der Waals surface area contributed by atoms with E-state index in [1.807, 2.05) is 22.9 Å². The second kappa shape index (κ2) is 8.67. The number of ether oxygens (including phenoxy) is 1. The van der Waals surface area contributed by atoms with Gasteiger partial charge >= 0.3 is 5.97 Å². The number of aryl methyl sites for hydroxylation is 1. The Hall–Kier alpha value is -3.19. The number of rotatable bonds is 8. The maximum absolute atomic E-state index is 11.3.